The molecule has 0 aromatic carbocycles. The highest BCUT2D eigenvalue weighted by Gasteiger charge is 1.76. The van der Waals surface area contributed by atoms with E-state index in [4.69, 9.17) is 11.5 Å². The zero-order valence-electron chi connectivity index (χ0n) is 7.82. The maximum atomic E-state index is 5.17. The molecule has 1 aromatic rings. The molecular weight excluding hydrogens is 164 g/mol. The first-order chi connectivity index (χ1) is 6.41. The molecule has 0 saturated heterocycles. The molecule has 1 aromatic heterocycles. The molecule has 0 radical (unpaired) electrons. The smallest absolute Gasteiger partial charge is 0.0267 e. The number of nitrogens with two attached hydrogens (primary N) is 2. The van der Waals surface area contributed by atoms with Gasteiger partial charge >= 0.3 is 0 Å². The Labute approximate surface area is 79.3 Å². The van der Waals surface area contributed by atoms with Gasteiger partial charge in [-0.15, -0.1) is 0 Å². The third-order valence-corrected chi connectivity index (χ3v) is 1.21. The fraction of sp³-hybridized carbons (Fsp3) is 0.444. The first-order valence-corrected chi connectivity index (χ1v) is 4.37. The molecule has 0 unspecified atom stereocenters. The van der Waals surface area contributed by atoms with Crippen molar-refractivity contribution < 1.29 is 0 Å². The highest BCUT2D eigenvalue weighted by atomic mass is 14.9. The van der Waals surface area contributed by atoms with Gasteiger partial charge in [-0.3, -0.25) is 4.98 Å². The predicted molar refractivity (Wildman–Crippen MR) is 55.2 cm³/mol. The van der Waals surface area contributed by atoms with Gasteiger partial charge in [0.1, 0.15) is 0 Å². The Hall–Kier alpha value is -0.970. The quantitative estimate of drug-likeness (QED) is 0.552. The van der Waals surface area contributed by atoms with Crippen LogP contribution in [0.4, 0.5) is 0 Å². The lowest BCUT2D eigenvalue weighted by Gasteiger charge is -1.95. The van der Waals surface area contributed by atoms with Gasteiger partial charge in [0, 0.05) is 38.6 Å². The standard InChI is InChI=1S/C5H5N.C4H13N3/c1-2-4-6-5-3-1;5-1-3-7-4-2-6/h1-5H;7H,1-6H2. The Bertz CT molecular complexity index is 136. The Kier molecular flexibility index (Phi) is 10.2. The summed E-state index contributed by atoms with van der Waals surface area (Å²) in [6, 6.07) is 5.72. The summed E-state index contributed by atoms with van der Waals surface area (Å²) in [4.78, 5) is 3.78. The van der Waals surface area contributed by atoms with Gasteiger partial charge < -0.3 is 16.8 Å². The molecule has 0 aliphatic carbocycles. The van der Waals surface area contributed by atoms with Crippen LogP contribution in [0.2, 0.25) is 0 Å². The average Bonchev–Trinajstić information content (AvgIpc) is 2.22. The number of hydrogen-bond acceptors (Lipinski definition) is 4. The number of nitrogens with zero attached hydrogens (tertiary/aromatic N) is 1. The SMILES string of the molecule is NCCNCCN.c1ccncc1. The van der Waals surface area contributed by atoms with E-state index in [1.54, 1.807) is 12.4 Å². The first-order valence-electron chi connectivity index (χ1n) is 4.37. The summed E-state index contributed by atoms with van der Waals surface area (Å²) < 4.78 is 0. The van der Waals surface area contributed by atoms with Crippen LogP contribution in [0.5, 0.6) is 0 Å². The largest absolute Gasteiger partial charge is 0.329 e. The second-order valence-electron chi connectivity index (χ2n) is 2.35. The minimum atomic E-state index is 0.694. The van der Waals surface area contributed by atoms with Crippen molar-refractivity contribution >= 4 is 0 Å². The lowest BCUT2D eigenvalue weighted by atomic mass is 10.5. The molecule has 0 atom stereocenters. The van der Waals surface area contributed by atoms with E-state index < -0.39 is 0 Å². The molecule has 0 aliphatic rings. The normalized spacial score (nSPS) is 8.77. The molecule has 13 heavy (non-hydrogen) atoms. The molecule has 0 fully saturated rings. The van der Waals surface area contributed by atoms with Crippen molar-refractivity contribution in [2.24, 2.45) is 11.5 Å². The zero-order chi connectivity index (χ0) is 9.78. The summed E-state index contributed by atoms with van der Waals surface area (Å²) in [7, 11) is 0. The molecule has 0 amide bonds. The highest BCUT2D eigenvalue weighted by molar-refractivity contribution is 4.88. The van der Waals surface area contributed by atoms with Crippen LogP contribution in [0, 0.1) is 0 Å². The van der Waals surface area contributed by atoms with Crippen molar-refractivity contribution in [1.82, 2.24) is 10.3 Å². The van der Waals surface area contributed by atoms with E-state index in [1.807, 2.05) is 18.2 Å². The van der Waals surface area contributed by atoms with Crippen molar-refractivity contribution in [3.05, 3.63) is 30.6 Å². The lowest BCUT2D eigenvalue weighted by molar-refractivity contribution is 0.696. The number of pyridine rings is 1. The molecular formula is C9H18N4. The van der Waals surface area contributed by atoms with Gasteiger partial charge in [0.25, 0.3) is 0 Å². The second kappa shape index (κ2) is 11.0. The van der Waals surface area contributed by atoms with E-state index in [1.165, 1.54) is 0 Å². The number of nitrogens with one attached hydrogen (secondary N) is 1. The molecule has 0 spiro atoms. The van der Waals surface area contributed by atoms with Crippen molar-refractivity contribution in [2.75, 3.05) is 26.2 Å². The van der Waals surface area contributed by atoms with Gasteiger partial charge in [0.15, 0.2) is 0 Å². The summed E-state index contributed by atoms with van der Waals surface area (Å²) in [5, 5.41) is 3.03. The van der Waals surface area contributed by atoms with Gasteiger partial charge in [-0.25, -0.2) is 0 Å². The van der Waals surface area contributed by atoms with Crippen LogP contribution in [0.1, 0.15) is 0 Å². The predicted octanol–water partition coefficient (Wildman–Crippen LogP) is -0.425. The monoisotopic (exact) mass is 182 g/mol. The third-order valence-electron chi connectivity index (χ3n) is 1.21. The van der Waals surface area contributed by atoms with Crippen LogP contribution >= 0.6 is 0 Å². The average molecular weight is 182 g/mol. The lowest BCUT2D eigenvalue weighted by Crippen LogP contribution is -2.27. The van der Waals surface area contributed by atoms with Crippen molar-refractivity contribution in [3.8, 4) is 0 Å². The maximum Gasteiger partial charge on any atom is 0.0267 e. The van der Waals surface area contributed by atoms with Crippen LogP contribution in [0.25, 0.3) is 0 Å². The third kappa shape index (κ3) is 11.0. The zero-order valence-corrected chi connectivity index (χ0v) is 7.82. The van der Waals surface area contributed by atoms with Crippen LogP contribution < -0.4 is 16.8 Å². The molecule has 5 N–H and O–H groups in total. The van der Waals surface area contributed by atoms with E-state index in [0.29, 0.717) is 13.1 Å². The molecule has 0 bridgehead atoms. The van der Waals surface area contributed by atoms with Gasteiger partial charge in [0.2, 0.25) is 0 Å². The molecule has 0 saturated carbocycles. The van der Waals surface area contributed by atoms with Crippen LogP contribution in [0.15, 0.2) is 30.6 Å². The summed E-state index contributed by atoms with van der Waals surface area (Å²) >= 11 is 0. The second-order valence-corrected chi connectivity index (χ2v) is 2.35. The maximum absolute atomic E-state index is 5.17. The van der Waals surface area contributed by atoms with Crippen LogP contribution in [0.3, 0.4) is 0 Å². The molecule has 1 rings (SSSR count). The van der Waals surface area contributed by atoms with Crippen LogP contribution in [-0.2, 0) is 0 Å². The number of aromatic nitrogens is 1. The summed E-state index contributed by atoms with van der Waals surface area (Å²) in [5.74, 6) is 0. The Morgan fingerprint density at radius 2 is 1.46 bits per heavy atom. The van der Waals surface area contributed by atoms with E-state index in [0.717, 1.165) is 13.1 Å². The topological polar surface area (TPSA) is 77.0 Å². The van der Waals surface area contributed by atoms with Gasteiger partial charge in [-0.1, -0.05) is 6.07 Å². The van der Waals surface area contributed by atoms with Gasteiger partial charge in [-0.05, 0) is 12.1 Å². The first kappa shape index (κ1) is 12.0. The van der Waals surface area contributed by atoms with E-state index in [9.17, 15) is 0 Å². The van der Waals surface area contributed by atoms with Gasteiger partial charge in [0.05, 0.1) is 0 Å². The highest BCUT2D eigenvalue weighted by Crippen LogP contribution is 1.73. The molecule has 0 aliphatic heterocycles. The molecule has 1 heterocycles. The minimum Gasteiger partial charge on any atom is -0.329 e. The Morgan fingerprint density at radius 1 is 0.923 bits per heavy atom. The van der Waals surface area contributed by atoms with Gasteiger partial charge in [-0.2, -0.15) is 0 Å². The molecule has 4 heteroatoms. The molecule has 74 valence electrons. The summed E-state index contributed by atoms with van der Waals surface area (Å²) in [5.41, 5.74) is 10.3. The van der Waals surface area contributed by atoms with Crippen molar-refractivity contribution in [3.63, 3.8) is 0 Å². The number of hydrogen-bond donors (Lipinski definition) is 3. The van der Waals surface area contributed by atoms with E-state index in [-0.39, 0.29) is 0 Å². The fourth-order valence-electron chi connectivity index (χ4n) is 0.642. The fourth-order valence-corrected chi connectivity index (χ4v) is 0.642. The Balaban J connectivity index is 0.000000223. The van der Waals surface area contributed by atoms with E-state index >= 15 is 0 Å². The minimum absolute atomic E-state index is 0.694. The molecule has 4 nitrogen and oxygen atoms in total. The summed E-state index contributed by atoms with van der Waals surface area (Å²) in [6.07, 6.45) is 3.50. The number of rotatable bonds is 4. The summed E-state index contributed by atoms with van der Waals surface area (Å²) in [6.45, 7) is 3.13. The Morgan fingerprint density at radius 3 is 1.69 bits per heavy atom. The van der Waals surface area contributed by atoms with E-state index in [2.05, 4.69) is 10.3 Å². The van der Waals surface area contributed by atoms with Crippen molar-refractivity contribution in [1.29, 1.82) is 0 Å². The van der Waals surface area contributed by atoms with Crippen LogP contribution in [-0.4, -0.2) is 31.2 Å². The van der Waals surface area contributed by atoms with Crippen molar-refractivity contribution in [2.45, 2.75) is 0 Å².